The Morgan fingerprint density at radius 2 is 1.75 bits per heavy atom. The Balaban J connectivity index is 1.24. The van der Waals surface area contributed by atoms with Crippen molar-refractivity contribution in [3.05, 3.63) is 54.1 Å². The van der Waals surface area contributed by atoms with E-state index in [4.69, 9.17) is 0 Å². The highest BCUT2D eigenvalue weighted by atomic mass is 16.2. The van der Waals surface area contributed by atoms with E-state index in [1.165, 1.54) is 50.0 Å². The first-order chi connectivity index (χ1) is 17.5. The Kier molecular flexibility index (Phi) is 6.42. The Hall–Kier alpha value is -2.57. The van der Waals surface area contributed by atoms with Crippen molar-refractivity contribution >= 4 is 23.0 Å². The van der Waals surface area contributed by atoms with E-state index in [1.54, 1.807) is 6.92 Å². The predicted octanol–water partition coefficient (Wildman–Crippen LogP) is 4.64. The molecule has 0 aliphatic carbocycles. The molecular formula is C30H41N5O. The fourth-order valence-corrected chi connectivity index (χ4v) is 7.25. The second kappa shape index (κ2) is 9.71. The van der Waals surface area contributed by atoms with Crippen LogP contribution in [-0.4, -0.2) is 61.2 Å². The van der Waals surface area contributed by atoms with Gasteiger partial charge in [-0.25, -0.2) is 0 Å². The molecule has 5 aliphatic rings. The van der Waals surface area contributed by atoms with Gasteiger partial charge in [-0.1, -0.05) is 25.1 Å². The van der Waals surface area contributed by atoms with Crippen LogP contribution in [-0.2, 0) is 4.79 Å². The number of carbonyl (C=O) groups excluding carboxylic acids is 1. The maximum absolute atomic E-state index is 12.7. The van der Waals surface area contributed by atoms with Crippen LogP contribution >= 0.6 is 0 Å². The minimum absolute atomic E-state index is 0.118. The van der Waals surface area contributed by atoms with Crippen molar-refractivity contribution in [1.82, 2.24) is 10.2 Å². The highest BCUT2D eigenvalue weighted by molar-refractivity contribution is 5.94. The first kappa shape index (κ1) is 23.8. The van der Waals surface area contributed by atoms with Crippen LogP contribution in [0.15, 0.2) is 48.5 Å². The van der Waals surface area contributed by atoms with Gasteiger partial charge in [-0.2, -0.15) is 0 Å². The third kappa shape index (κ3) is 4.28. The van der Waals surface area contributed by atoms with Gasteiger partial charge in [0, 0.05) is 85.8 Å². The van der Waals surface area contributed by atoms with Gasteiger partial charge in [0.25, 0.3) is 0 Å². The lowest BCUT2D eigenvalue weighted by Crippen LogP contribution is -2.64. The van der Waals surface area contributed by atoms with Crippen molar-refractivity contribution < 1.29 is 4.79 Å². The number of carbonyl (C=O) groups is 1. The van der Waals surface area contributed by atoms with Crippen LogP contribution in [0.5, 0.6) is 0 Å². The average molecular weight is 488 g/mol. The van der Waals surface area contributed by atoms with Gasteiger partial charge in [0.15, 0.2) is 0 Å². The predicted molar refractivity (Wildman–Crippen MR) is 148 cm³/mol. The van der Waals surface area contributed by atoms with E-state index in [-0.39, 0.29) is 23.9 Å². The van der Waals surface area contributed by atoms with E-state index < -0.39 is 0 Å². The molecule has 5 aliphatic heterocycles. The number of nitrogens with one attached hydrogen (secondary N) is 2. The lowest BCUT2D eigenvalue weighted by molar-refractivity contribution is -0.117. The topological polar surface area (TPSA) is 50.9 Å². The highest BCUT2D eigenvalue weighted by Crippen LogP contribution is 2.44. The average Bonchev–Trinajstić information content (AvgIpc) is 2.92. The molecule has 0 unspecified atom stereocenters. The van der Waals surface area contributed by atoms with E-state index in [1.807, 2.05) is 4.90 Å². The van der Waals surface area contributed by atoms with E-state index in [9.17, 15) is 4.79 Å². The number of piperazine rings is 1. The summed E-state index contributed by atoms with van der Waals surface area (Å²) in [6.07, 6.45) is 5.18. The molecule has 2 aromatic rings. The summed E-state index contributed by atoms with van der Waals surface area (Å²) >= 11 is 0. The number of hydrogen-bond donors (Lipinski definition) is 2. The lowest BCUT2D eigenvalue weighted by atomic mass is 9.82. The van der Waals surface area contributed by atoms with Gasteiger partial charge in [-0.05, 0) is 62.9 Å². The zero-order chi connectivity index (χ0) is 24.8. The van der Waals surface area contributed by atoms with Crippen molar-refractivity contribution in [3.63, 3.8) is 0 Å². The number of hydrogen-bond acceptors (Lipinski definition) is 5. The molecular weight excluding hydrogens is 446 g/mol. The van der Waals surface area contributed by atoms with Gasteiger partial charge in [0.1, 0.15) is 0 Å². The number of piperidine rings is 3. The van der Waals surface area contributed by atoms with Crippen molar-refractivity contribution in [3.8, 4) is 0 Å². The number of anilines is 3. The number of fused-ring (bicyclic) bond motifs is 4. The molecule has 1 amide bonds. The van der Waals surface area contributed by atoms with Crippen LogP contribution in [0.25, 0.3) is 0 Å². The molecule has 0 saturated carbocycles. The molecule has 2 N–H and O–H groups in total. The molecule has 7 rings (SSSR count). The third-order valence-electron chi connectivity index (χ3n) is 9.42. The number of amides is 1. The molecule has 4 fully saturated rings. The summed E-state index contributed by atoms with van der Waals surface area (Å²) in [4.78, 5) is 20.1. The molecule has 192 valence electrons. The number of para-hydroxylation sites is 1. The van der Waals surface area contributed by atoms with Gasteiger partial charge in [0.2, 0.25) is 5.91 Å². The summed E-state index contributed by atoms with van der Waals surface area (Å²) in [5.41, 5.74) is 4.70. The second-order valence-corrected chi connectivity index (χ2v) is 11.5. The fourth-order valence-electron chi connectivity index (χ4n) is 7.25. The van der Waals surface area contributed by atoms with Gasteiger partial charge in [-0.15, -0.1) is 0 Å². The standard InChI is InChI=1S/C30H41N5O/c1-20-21(2)35(22(3)36)29-12-11-26(17-28(29)30(20)32-23-7-5-4-6-8-23)33-15-13-25(14-16-33)34-19-24-9-10-27(34)18-31-24/h4-8,11-12,17,20-21,24-25,27,30-32H,9-10,13-16,18-19H2,1-3H3/t20-,21-,24+,27+,30+/m0/s1. The number of rotatable bonds is 4. The van der Waals surface area contributed by atoms with Gasteiger partial charge in [-0.3, -0.25) is 9.69 Å². The summed E-state index contributed by atoms with van der Waals surface area (Å²) in [5.74, 6) is 0.401. The van der Waals surface area contributed by atoms with E-state index in [2.05, 4.69) is 82.8 Å². The zero-order valence-electron chi connectivity index (χ0n) is 22.0. The first-order valence-corrected chi connectivity index (χ1v) is 14.0. The van der Waals surface area contributed by atoms with Crippen LogP contribution < -0.4 is 20.4 Å². The monoisotopic (exact) mass is 487 g/mol. The summed E-state index contributed by atoms with van der Waals surface area (Å²) in [6.45, 7) is 10.7. The second-order valence-electron chi connectivity index (χ2n) is 11.5. The smallest absolute Gasteiger partial charge is 0.224 e. The molecule has 0 spiro atoms. The molecule has 36 heavy (non-hydrogen) atoms. The largest absolute Gasteiger partial charge is 0.378 e. The van der Waals surface area contributed by atoms with Crippen LogP contribution in [0.1, 0.15) is 58.1 Å². The van der Waals surface area contributed by atoms with Gasteiger partial charge >= 0.3 is 0 Å². The Labute approximate surface area is 216 Å². The normalized spacial score (nSPS) is 30.8. The van der Waals surface area contributed by atoms with Crippen molar-refractivity contribution in [2.75, 3.05) is 41.3 Å². The molecule has 6 nitrogen and oxygen atoms in total. The van der Waals surface area contributed by atoms with E-state index in [0.717, 1.165) is 36.5 Å². The van der Waals surface area contributed by atoms with Gasteiger partial charge in [0.05, 0.1) is 6.04 Å². The Bertz CT molecular complexity index is 1070. The van der Waals surface area contributed by atoms with Crippen molar-refractivity contribution in [2.45, 2.75) is 76.7 Å². The molecule has 5 heterocycles. The molecule has 2 bridgehead atoms. The third-order valence-corrected chi connectivity index (χ3v) is 9.42. The lowest BCUT2D eigenvalue weighted by Gasteiger charge is -2.51. The van der Waals surface area contributed by atoms with Crippen molar-refractivity contribution in [1.29, 1.82) is 0 Å². The Morgan fingerprint density at radius 1 is 0.972 bits per heavy atom. The maximum atomic E-state index is 12.7. The first-order valence-electron chi connectivity index (χ1n) is 14.0. The fraction of sp³-hybridized carbons (Fsp3) is 0.567. The molecule has 0 aromatic heterocycles. The maximum Gasteiger partial charge on any atom is 0.224 e. The van der Waals surface area contributed by atoms with Crippen LogP contribution in [0.3, 0.4) is 0 Å². The quantitative estimate of drug-likeness (QED) is 0.658. The minimum Gasteiger partial charge on any atom is -0.378 e. The van der Waals surface area contributed by atoms with Crippen LogP contribution in [0.4, 0.5) is 17.1 Å². The zero-order valence-corrected chi connectivity index (χ0v) is 22.0. The van der Waals surface area contributed by atoms with Gasteiger partial charge < -0.3 is 20.4 Å². The molecule has 6 heteroatoms. The Morgan fingerprint density at radius 3 is 2.39 bits per heavy atom. The minimum atomic E-state index is 0.118. The van der Waals surface area contributed by atoms with E-state index in [0.29, 0.717) is 6.04 Å². The van der Waals surface area contributed by atoms with Crippen molar-refractivity contribution in [2.24, 2.45) is 5.92 Å². The summed E-state index contributed by atoms with van der Waals surface area (Å²) < 4.78 is 0. The molecule has 2 aromatic carbocycles. The molecule has 0 radical (unpaired) electrons. The molecule has 5 atom stereocenters. The number of benzene rings is 2. The highest BCUT2D eigenvalue weighted by Gasteiger charge is 2.40. The van der Waals surface area contributed by atoms with Crippen LogP contribution in [0.2, 0.25) is 0 Å². The SMILES string of the molecule is CC(=O)N1c2ccc(N3CCC(N4C[C@H]5CC[C@@H]4CN5)CC3)cc2[C@H](Nc2ccccc2)[C@@H](C)[C@@H]1C. The molecule has 4 saturated heterocycles. The van der Waals surface area contributed by atoms with Crippen LogP contribution in [0, 0.1) is 5.92 Å². The summed E-state index contributed by atoms with van der Waals surface area (Å²) in [7, 11) is 0. The number of nitrogens with zero attached hydrogens (tertiary/aromatic N) is 3. The summed E-state index contributed by atoms with van der Waals surface area (Å²) in [5, 5.41) is 7.51. The summed E-state index contributed by atoms with van der Waals surface area (Å²) in [6, 6.07) is 19.7. The van der Waals surface area contributed by atoms with E-state index >= 15 is 0 Å².